The molecule has 0 unspecified atom stereocenters. The Morgan fingerprint density at radius 1 is 0.963 bits per heavy atom. The van der Waals surface area contributed by atoms with E-state index in [1.54, 1.807) is 7.11 Å². The zero-order chi connectivity index (χ0) is 19.2. The SMILES string of the molecule is COc1ccc([C@H](NC(=O)[C@H]2CC=CC[C@H]2C(=O)O)c2ccccc2)cc1. The van der Waals surface area contributed by atoms with E-state index in [0.29, 0.717) is 12.8 Å². The minimum Gasteiger partial charge on any atom is -0.497 e. The van der Waals surface area contributed by atoms with Crippen LogP contribution in [0.15, 0.2) is 66.7 Å². The number of carbonyl (C=O) groups is 2. The van der Waals surface area contributed by atoms with Gasteiger partial charge in [-0.25, -0.2) is 0 Å². The van der Waals surface area contributed by atoms with Crippen LogP contribution >= 0.6 is 0 Å². The highest BCUT2D eigenvalue weighted by atomic mass is 16.5. The Hall–Kier alpha value is -3.08. The van der Waals surface area contributed by atoms with Gasteiger partial charge in [-0.1, -0.05) is 54.6 Å². The maximum atomic E-state index is 13.0. The molecule has 5 heteroatoms. The normalized spacial score (nSPS) is 19.9. The topological polar surface area (TPSA) is 75.6 Å². The lowest BCUT2D eigenvalue weighted by Gasteiger charge is -2.27. The smallest absolute Gasteiger partial charge is 0.307 e. The number of allylic oxidation sites excluding steroid dienone is 2. The maximum absolute atomic E-state index is 13.0. The molecule has 27 heavy (non-hydrogen) atoms. The van der Waals surface area contributed by atoms with Gasteiger partial charge in [0.05, 0.1) is 25.0 Å². The number of carboxylic acid groups (broad SMARTS) is 1. The van der Waals surface area contributed by atoms with Crippen LogP contribution in [0.25, 0.3) is 0 Å². The van der Waals surface area contributed by atoms with E-state index in [4.69, 9.17) is 4.74 Å². The molecule has 2 aromatic rings. The predicted molar refractivity (Wildman–Crippen MR) is 102 cm³/mol. The molecular formula is C22H23NO4. The van der Waals surface area contributed by atoms with Crippen LogP contribution in [-0.2, 0) is 9.59 Å². The van der Waals surface area contributed by atoms with E-state index < -0.39 is 17.8 Å². The van der Waals surface area contributed by atoms with Crippen LogP contribution < -0.4 is 10.1 Å². The van der Waals surface area contributed by atoms with Crippen molar-refractivity contribution in [1.29, 1.82) is 0 Å². The number of amides is 1. The highest BCUT2D eigenvalue weighted by Gasteiger charge is 2.35. The summed E-state index contributed by atoms with van der Waals surface area (Å²) in [6.07, 6.45) is 4.54. The van der Waals surface area contributed by atoms with Crippen molar-refractivity contribution >= 4 is 11.9 Å². The van der Waals surface area contributed by atoms with E-state index in [2.05, 4.69) is 5.32 Å². The quantitative estimate of drug-likeness (QED) is 0.768. The molecule has 1 aliphatic carbocycles. The Morgan fingerprint density at radius 3 is 2.15 bits per heavy atom. The molecule has 0 aromatic heterocycles. The van der Waals surface area contributed by atoms with Gasteiger partial charge in [0.2, 0.25) is 5.91 Å². The Morgan fingerprint density at radius 2 is 1.56 bits per heavy atom. The van der Waals surface area contributed by atoms with Gasteiger partial charge in [-0.3, -0.25) is 9.59 Å². The molecule has 0 aliphatic heterocycles. The lowest BCUT2D eigenvalue weighted by Crippen LogP contribution is -2.40. The van der Waals surface area contributed by atoms with Crippen molar-refractivity contribution in [2.24, 2.45) is 11.8 Å². The molecule has 0 spiro atoms. The number of carboxylic acids is 1. The first-order valence-corrected chi connectivity index (χ1v) is 8.97. The highest BCUT2D eigenvalue weighted by molar-refractivity contribution is 5.85. The fourth-order valence-electron chi connectivity index (χ4n) is 3.43. The largest absolute Gasteiger partial charge is 0.497 e. The summed E-state index contributed by atoms with van der Waals surface area (Å²) in [7, 11) is 1.61. The van der Waals surface area contributed by atoms with Gasteiger partial charge < -0.3 is 15.2 Å². The van der Waals surface area contributed by atoms with Crippen molar-refractivity contribution in [1.82, 2.24) is 5.32 Å². The van der Waals surface area contributed by atoms with E-state index >= 15 is 0 Å². The number of carbonyl (C=O) groups excluding carboxylic acids is 1. The average molecular weight is 365 g/mol. The van der Waals surface area contributed by atoms with Crippen molar-refractivity contribution in [3.8, 4) is 5.75 Å². The summed E-state index contributed by atoms with van der Waals surface area (Å²) in [5.74, 6) is -1.70. The van der Waals surface area contributed by atoms with Crippen LogP contribution in [0, 0.1) is 11.8 Å². The molecule has 0 radical (unpaired) electrons. The molecular weight excluding hydrogens is 342 g/mol. The molecule has 2 N–H and O–H groups in total. The van der Waals surface area contributed by atoms with Crippen LogP contribution in [0.5, 0.6) is 5.75 Å². The van der Waals surface area contributed by atoms with Crippen molar-refractivity contribution in [3.63, 3.8) is 0 Å². The second kappa shape index (κ2) is 8.54. The molecule has 5 nitrogen and oxygen atoms in total. The molecule has 0 saturated carbocycles. The lowest BCUT2D eigenvalue weighted by molar-refractivity contribution is -0.147. The van der Waals surface area contributed by atoms with Gasteiger partial charge in [-0.2, -0.15) is 0 Å². The van der Waals surface area contributed by atoms with Crippen LogP contribution in [0.4, 0.5) is 0 Å². The van der Waals surface area contributed by atoms with E-state index in [0.717, 1.165) is 16.9 Å². The summed E-state index contributed by atoms with van der Waals surface area (Å²) in [6, 6.07) is 16.8. The second-order valence-corrected chi connectivity index (χ2v) is 6.62. The van der Waals surface area contributed by atoms with Gasteiger partial charge in [-0.05, 0) is 36.1 Å². The molecule has 140 valence electrons. The van der Waals surface area contributed by atoms with Crippen molar-refractivity contribution in [2.45, 2.75) is 18.9 Å². The first-order valence-electron chi connectivity index (χ1n) is 8.97. The average Bonchev–Trinajstić information content (AvgIpc) is 2.72. The highest BCUT2D eigenvalue weighted by Crippen LogP contribution is 2.29. The number of ether oxygens (including phenoxy) is 1. The number of rotatable bonds is 6. The Balaban J connectivity index is 1.88. The van der Waals surface area contributed by atoms with E-state index in [1.165, 1.54) is 0 Å². The standard InChI is InChI=1S/C22H23NO4/c1-27-17-13-11-16(12-14-17)20(15-7-3-2-4-8-15)23-21(24)18-9-5-6-10-19(18)22(25)26/h2-8,11-14,18-20H,9-10H2,1H3,(H,23,24)(H,25,26)/t18-,19+,20+/m0/s1. The zero-order valence-electron chi connectivity index (χ0n) is 15.2. The third kappa shape index (κ3) is 4.37. The fraction of sp³-hybridized carbons (Fsp3) is 0.273. The summed E-state index contributed by atoms with van der Waals surface area (Å²) in [6.45, 7) is 0. The van der Waals surface area contributed by atoms with Crippen molar-refractivity contribution in [3.05, 3.63) is 77.9 Å². The Labute approximate surface area is 158 Å². The molecule has 0 bridgehead atoms. The predicted octanol–water partition coefficient (Wildman–Crippen LogP) is 3.57. The summed E-state index contributed by atoms with van der Waals surface area (Å²) in [4.78, 5) is 24.5. The van der Waals surface area contributed by atoms with Gasteiger partial charge in [0.1, 0.15) is 5.75 Å². The Kier molecular flexibility index (Phi) is 5.91. The number of benzene rings is 2. The van der Waals surface area contributed by atoms with Crippen molar-refractivity contribution < 1.29 is 19.4 Å². The van der Waals surface area contributed by atoms with Crippen LogP contribution in [0.1, 0.15) is 30.0 Å². The summed E-state index contributed by atoms with van der Waals surface area (Å²) < 4.78 is 5.21. The summed E-state index contributed by atoms with van der Waals surface area (Å²) in [5, 5.41) is 12.5. The lowest BCUT2D eigenvalue weighted by atomic mass is 9.82. The van der Waals surface area contributed by atoms with Gasteiger partial charge in [0.25, 0.3) is 0 Å². The first-order chi connectivity index (χ1) is 13.1. The molecule has 3 rings (SSSR count). The molecule has 2 aromatic carbocycles. The molecule has 0 heterocycles. The van der Waals surface area contributed by atoms with Crippen molar-refractivity contribution in [2.75, 3.05) is 7.11 Å². The van der Waals surface area contributed by atoms with Crippen LogP contribution in [-0.4, -0.2) is 24.1 Å². The van der Waals surface area contributed by atoms with E-state index in [-0.39, 0.29) is 11.9 Å². The monoisotopic (exact) mass is 365 g/mol. The molecule has 3 atom stereocenters. The summed E-state index contributed by atoms with van der Waals surface area (Å²) in [5.41, 5.74) is 1.85. The Bertz CT molecular complexity index is 814. The van der Waals surface area contributed by atoms with Gasteiger partial charge >= 0.3 is 5.97 Å². The minimum absolute atomic E-state index is 0.239. The minimum atomic E-state index is -0.930. The number of nitrogens with one attached hydrogen (secondary N) is 1. The zero-order valence-corrected chi connectivity index (χ0v) is 15.2. The summed E-state index contributed by atoms with van der Waals surface area (Å²) >= 11 is 0. The van der Waals surface area contributed by atoms with E-state index in [1.807, 2.05) is 66.7 Å². The maximum Gasteiger partial charge on any atom is 0.307 e. The van der Waals surface area contributed by atoms with Gasteiger partial charge in [-0.15, -0.1) is 0 Å². The fourth-order valence-corrected chi connectivity index (χ4v) is 3.43. The van der Waals surface area contributed by atoms with Crippen LogP contribution in [0.2, 0.25) is 0 Å². The van der Waals surface area contributed by atoms with Crippen LogP contribution in [0.3, 0.4) is 0 Å². The number of aliphatic carboxylic acids is 1. The molecule has 1 aliphatic rings. The third-order valence-electron chi connectivity index (χ3n) is 4.96. The number of hydrogen-bond donors (Lipinski definition) is 2. The molecule has 0 fully saturated rings. The molecule has 0 saturated heterocycles. The second-order valence-electron chi connectivity index (χ2n) is 6.62. The number of methoxy groups -OCH3 is 1. The number of hydrogen-bond acceptors (Lipinski definition) is 3. The first kappa shape index (κ1) is 18.7. The van der Waals surface area contributed by atoms with Gasteiger partial charge in [0.15, 0.2) is 0 Å². The van der Waals surface area contributed by atoms with Gasteiger partial charge in [0, 0.05) is 0 Å². The van der Waals surface area contributed by atoms with E-state index in [9.17, 15) is 14.7 Å². The third-order valence-corrected chi connectivity index (χ3v) is 4.96. The molecule has 1 amide bonds.